The number of rotatable bonds is 3. The summed E-state index contributed by atoms with van der Waals surface area (Å²) >= 11 is 0. The third-order valence-electron chi connectivity index (χ3n) is 4.01. The minimum absolute atomic E-state index is 0.0961. The summed E-state index contributed by atoms with van der Waals surface area (Å²) < 4.78 is 0. The van der Waals surface area contributed by atoms with Gasteiger partial charge in [0.05, 0.1) is 0 Å². The Hall–Kier alpha value is -2.56. The number of piperazine rings is 1. The molecule has 1 aromatic carbocycles. The van der Waals surface area contributed by atoms with E-state index >= 15 is 0 Å². The van der Waals surface area contributed by atoms with Crippen molar-refractivity contribution in [3.8, 4) is 0 Å². The molecule has 0 atom stereocenters. The van der Waals surface area contributed by atoms with Gasteiger partial charge in [-0.05, 0) is 30.7 Å². The van der Waals surface area contributed by atoms with Crippen LogP contribution in [0.25, 0.3) is 0 Å². The lowest BCUT2D eigenvalue weighted by molar-refractivity contribution is 0.0690. The number of aromatic nitrogens is 1. The molecule has 1 aromatic heterocycles. The van der Waals surface area contributed by atoms with Crippen molar-refractivity contribution in [1.29, 1.82) is 0 Å². The molecule has 0 radical (unpaired) electrons. The van der Waals surface area contributed by atoms with E-state index in [-0.39, 0.29) is 5.69 Å². The number of anilines is 2. The van der Waals surface area contributed by atoms with Crippen LogP contribution in [0.5, 0.6) is 0 Å². The Bertz CT molecular complexity index is 679. The van der Waals surface area contributed by atoms with E-state index in [9.17, 15) is 4.79 Å². The fraction of sp³-hybridized carbons (Fsp3) is 0.294. The molecule has 1 aliphatic rings. The van der Waals surface area contributed by atoms with Crippen LogP contribution in [0.15, 0.2) is 42.5 Å². The maximum Gasteiger partial charge on any atom is 0.354 e. The number of hydrogen-bond donors (Lipinski definition) is 1. The molecule has 5 nitrogen and oxygen atoms in total. The van der Waals surface area contributed by atoms with Crippen LogP contribution in [0.1, 0.15) is 16.1 Å². The molecule has 1 N–H and O–H groups in total. The molecule has 1 fully saturated rings. The first-order valence-electron chi connectivity index (χ1n) is 7.41. The van der Waals surface area contributed by atoms with E-state index in [4.69, 9.17) is 5.11 Å². The highest BCUT2D eigenvalue weighted by Gasteiger charge is 2.19. The maximum absolute atomic E-state index is 11.0. The zero-order valence-electron chi connectivity index (χ0n) is 12.6. The van der Waals surface area contributed by atoms with Gasteiger partial charge in [0.1, 0.15) is 5.82 Å². The molecule has 0 amide bonds. The minimum atomic E-state index is -0.986. The lowest BCUT2D eigenvalue weighted by Gasteiger charge is -2.37. The molecule has 3 rings (SSSR count). The molecule has 1 saturated heterocycles. The standard InChI is InChI=1S/C17H19N3O2/c1-13-5-2-3-7-15(13)19-9-11-20(12-10-19)16-8-4-6-14(18-16)17(21)22/h2-8H,9-12H2,1H3,(H,21,22). The molecule has 0 unspecified atom stereocenters. The van der Waals surface area contributed by atoms with Gasteiger partial charge in [-0.1, -0.05) is 24.3 Å². The summed E-state index contributed by atoms with van der Waals surface area (Å²) in [6, 6.07) is 13.5. The fourth-order valence-corrected chi connectivity index (χ4v) is 2.81. The predicted molar refractivity (Wildman–Crippen MR) is 86.8 cm³/mol. The summed E-state index contributed by atoms with van der Waals surface area (Å²) in [5.41, 5.74) is 2.65. The van der Waals surface area contributed by atoms with E-state index in [1.807, 2.05) is 6.07 Å². The van der Waals surface area contributed by atoms with Gasteiger partial charge in [-0.2, -0.15) is 0 Å². The van der Waals surface area contributed by atoms with Crippen LogP contribution in [-0.4, -0.2) is 42.2 Å². The Kier molecular flexibility index (Phi) is 3.96. The quantitative estimate of drug-likeness (QED) is 0.943. The van der Waals surface area contributed by atoms with Gasteiger partial charge in [-0.25, -0.2) is 9.78 Å². The van der Waals surface area contributed by atoms with Crippen molar-refractivity contribution in [2.45, 2.75) is 6.92 Å². The number of pyridine rings is 1. The Morgan fingerprint density at radius 3 is 2.36 bits per heavy atom. The Morgan fingerprint density at radius 2 is 1.68 bits per heavy atom. The Balaban J connectivity index is 1.71. The Morgan fingerprint density at radius 1 is 1.00 bits per heavy atom. The van der Waals surface area contributed by atoms with Gasteiger partial charge in [0.2, 0.25) is 0 Å². The molecule has 22 heavy (non-hydrogen) atoms. The molecule has 114 valence electrons. The van der Waals surface area contributed by atoms with E-state index in [0.717, 1.165) is 32.0 Å². The smallest absolute Gasteiger partial charge is 0.354 e. The topological polar surface area (TPSA) is 56.7 Å². The second kappa shape index (κ2) is 6.05. The summed E-state index contributed by atoms with van der Waals surface area (Å²) in [6.45, 7) is 5.61. The number of nitrogens with zero attached hydrogens (tertiary/aromatic N) is 3. The highest BCUT2D eigenvalue weighted by Crippen LogP contribution is 2.22. The van der Waals surface area contributed by atoms with Crippen LogP contribution in [0.2, 0.25) is 0 Å². The van der Waals surface area contributed by atoms with Gasteiger partial charge < -0.3 is 14.9 Å². The molecule has 0 bridgehead atoms. The van der Waals surface area contributed by atoms with Crippen LogP contribution in [-0.2, 0) is 0 Å². The summed E-state index contributed by atoms with van der Waals surface area (Å²) in [4.78, 5) is 19.7. The average Bonchev–Trinajstić information content (AvgIpc) is 2.56. The molecule has 1 aliphatic heterocycles. The molecule has 5 heteroatoms. The molecule has 0 saturated carbocycles. The van der Waals surface area contributed by atoms with Crippen molar-refractivity contribution in [1.82, 2.24) is 4.98 Å². The molecule has 2 heterocycles. The largest absolute Gasteiger partial charge is 0.477 e. The van der Waals surface area contributed by atoms with Gasteiger partial charge in [-0.3, -0.25) is 0 Å². The number of benzene rings is 1. The van der Waals surface area contributed by atoms with Gasteiger partial charge in [0.15, 0.2) is 5.69 Å². The number of carboxylic acids is 1. The summed E-state index contributed by atoms with van der Waals surface area (Å²) in [7, 11) is 0. The van der Waals surface area contributed by atoms with Gasteiger partial charge in [0, 0.05) is 31.9 Å². The number of aromatic carboxylic acids is 1. The van der Waals surface area contributed by atoms with Crippen LogP contribution in [0, 0.1) is 6.92 Å². The first-order chi connectivity index (χ1) is 10.6. The van der Waals surface area contributed by atoms with Crippen molar-refractivity contribution >= 4 is 17.5 Å². The normalized spacial score (nSPS) is 15.0. The number of para-hydroxylation sites is 1. The first kappa shape index (κ1) is 14.4. The Labute approximate surface area is 129 Å². The third-order valence-corrected chi connectivity index (χ3v) is 4.01. The lowest BCUT2D eigenvalue weighted by Crippen LogP contribution is -2.47. The average molecular weight is 297 g/mol. The highest BCUT2D eigenvalue weighted by atomic mass is 16.4. The fourth-order valence-electron chi connectivity index (χ4n) is 2.81. The zero-order chi connectivity index (χ0) is 15.5. The van der Waals surface area contributed by atoms with Crippen molar-refractivity contribution in [2.75, 3.05) is 36.0 Å². The SMILES string of the molecule is Cc1ccccc1N1CCN(c2cccc(C(=O)O)n2)CC1. The zero-order valence-corrected chi connectivity index (χ0v) is 12.6. The predicted octanol–water partition coefficient (Wildman–Crippen LogP) is 2.41. The van der Waals surface area contributed by atoms with E-state index in [1.165, 1.54) is 17.3 Å². The lowest BCUT2D eigenvalue weighted by atomic mass is 10.1. The van der Waals surface area contributed by atoms with Crippen molar-refractivity contribution in [3.63, 3.8) is 0 Å². The van der Waals surface area contributed by atoms with Gasteiger partial charge in [-0.15, -0.1) is 0 Å². The van der Waals surface area contributed by atoms with Gasteiger partial charge in [0.25, 0.3) is 0 Å². The molecule has 0 spiro atoms. The monoisotopic (exact) mass is 297 g/mol. The van der Waals surface area contributed by atoms with E-state index < -0.39 is 5.97 Å². The number of aryl methyl sites for hydroxylation is 1. The first-order valence-corrected chi connectivity index (χ1v) is 7.41. The maximum atomic E-state index is 11.0. The van der Waals surface area contributed by atoms with Crippen molar-refractivity contribution < 1.29 is 9.90 Å². The third kappa shape index (κ3) is 2.88. The van der Waals surface area contributed by atoms with E-state index in [0.29, 0.717) is 0 Å². The number of carbonyl (C=O) groups is 1. The molecule has 0 aliphatic carbocycles. The van der Waals surface area contributed by atoms with Crippen molar-refractivity contribution in [2.24, 2.45) is 0 Å². The minimum Gasteiger partial charge on any atom is -0.477 e. The highest BCUT2D eigenvalue weighted by molar-refractivity contribution is 5.85. The van der Waals surface area contributed by atoms with Crippen LogP contribution < -0.4 is 9.80 Å². The van der Waals surface area contributed by atoms with Crippen molar-refractivity contribution in [3.05, 3.63) is 53.7 Å². The number of hydrogen-bond acceptors (Lipinski definition) is 4. The number of carboxylic acid groups (broad SMARTS) is 1. The summed E-state index contributed by atoms with van der Waals surface area (Å²) in [5.74, 6) is -0.246. The summed E-state index contributed by atoms with van der Waals surface area (Å²) in [5, 5.41) is 9.04. The van der Waals surface area contributed by atoms with Crippen LogP contribution >= 0.6 is 0 Å². The molecule has 2 aromatic rings. The second-order valence-corrected chi connectivity index (χ2v) is 5.45. The molecular formula is C17H19N3O2. The molecular weight excluding hydrogens is 278 g/mol. The van der Waals surface area contributed by atoms with E-state index in [1.54, 1.807) is 6.07 Å². The summed E-state index contributed by atoms with van der Waals surface area (Å²) in [6.07, 6.45) is 0. The second-order valence-electron chi connectivity index (χ2n) is 5.45. The van der Waals surface area contributed by atoms with Gasteiger partial charge >= 0.3 is 5.97 Å². The van der Waals surface area contributed by atoms with Crippen LogP contribution in [0.3, 0.4) is 0 Å². The van der Waals surface area contributed by atoms with Crippen LogP contribution in [0.4, 0.5) is 11.5 Å². The van der Waals surface area contributed by atoms with E-state index in [2.05, 4.69) is 46.0 Å².